The van der Waals surface area contributed by atoms with Crippen molar-refractivity contribution >= 4 is 12.4 Å². The lowest BCUT2D eigenvalue weighted by Gasteiger charge is -2.07. The molecule has 6 N–H and O–H groups in total. The lowest BCUT2D eigenvalue weighted by molar-refractivity contribution is 0.343. The van der Waals surface area contributed by atoms with Crippen LogP contribution in [0.3, 0.4) is 0 Å². The Balaban J connectivity index is 0.00000169. The number of aromatic hydroxyl groups is 4. The molecule has 0 heterocycles. The molecule has 1 rings (SSSR count). The normalized spacial score (nSPS) is 9.50. The fraction of sp³-hybridized carbons (Fsp3) is 0.250. The Morgan fingerprint density at radius 2 is 1.57 bits per heavy atom. The molecule has 0 aliphatic carbocycles. The van der Waals surface area contributed by atoms with Gasteiger partial charge in [-0.2, -0.15) is 0 Å². The molecule has 0 amide bonds. The van der Waals surface area contributed by atoms with E-state index in [0.717, 1.165) is 6.07 Å². The van der Waals surface area contributed by atoms with E-state index in [-0.39, 0.29) is 19.0 Å². The molecule has 6 heteroatoms. The van der Waals surface area contributed by atoms with Gasteiger partial charge in [0, 0.05) is 5.56 Å². The van der Waals surface area contributed by atoms with E-state index in [2.05, 4.69) is 0 Å². The molecule has 80 valence electrons. The number of phenolic OH excluding ortho intramolecular Hbond substituents is 4. The second-order valence-electron chi connectivity index (χ2n) is 2.64. The Labute approximate surface area is 86.8 Å². The highest BCUT2D eigenvalue weighted by Gasteiger charge is 2.15. The Morgan fingerprint density at radius 1 is 1.00 bits per heavy atom. The Bertz CT molecular complexity index is 330. The fourth-order valence-electron chi connectivity index (χ4n) is 1.03. The van der Waals surface area contributed by atoms with E-state index < -0.39 is 23.0 Å². The number of nitrogens with two attached hydrogens (primary N) is 1. The van der Waals surface area contributed by atoms with Crippen LogP contribution in [0, 0.1) is 0 Å². The topological polar surface area (TPSA) is 107 Å². The summed E-state index contributed by atoms with van der Waals surface area (Å²) in [5, 5.41) is 36.4. The highest BCUT2D eigenvalue weighted by atomic mass is 35.5. The summed E-state index contributed by atoms with van der Waals surface area (Å²) in [4.78, 5) is 0. The number of hydrogen-bond acceptors (Lipinski definition) is 5. The van der Waals surface area contributed by atoms with Gasteiger partial charge in [-0.25, -0.2) is 0 Å². The Kier molecular flexibility index (Phi) is 4.33. The van der Waals surface area contributed by atoms with Crippen molar-refractivity contribution in [1.82, 2.24) is 0 Å². The number of benzene rings is 1. The van der Waals surface area contributed by atoms with Crippen molar-refractivity contribution in [1.29, 1.82) is 0 Å². The highest BCUT2D eigenvalue weighted by Crippen LogP contribution is 2.43. The first-order valence-corrected chi connectivity index (χ1v) is 3.73. The van der Waals surface area contributed by atoms with Gasteiger partial charge in [0.1, 0.15) is 0 Å². The summed E-state index contributed by atoms with van der Waals surface area (Å²) in [6.07, 6.45) is 0.313. The monoisotopic (exact) mass is 221 g/mol. The largest absolute Gasteiger partial charge is 0.504 e. The van der Waals surface area contributed by atoms with E-state index >= 15 is 0 Å². The van der Waals surface area contributed by atoms with Gasteiger partial charge in [-0.05, 0) is 19.0 Å². The van der Waals surface area contributed by atoms with Crippen molar-refractivity contribution < 1.29 is 20.4 Å². The summed E-state index contributed by atoms with van der Waals surface area (Å²) in [7, 11) is 0. The Morgan fingerprint density at radius 3 is 2.07 bits per heavy atom. The number of phenols is 4. The molecule has 14 heavy (non-hydrogen) atoms. The maximum atomic E-state index is 9.26. The highest BCUT2D eigenvalue weighted by molar-refractivity contribution is 5.85. The predicted molar refractivity (Wildman–Crippen MR) is 53.1 cm³/mol. The summed E-state index contributed by atoms with van der Waals surface area (Å²) in [5.74, 6) is -2.36. The van der Waals surface area contributed by atoms with Crippen molar-refractivity contribution in [2.24, 2.45) is 5.73 Å². The van der Waals surface area contributed by atoms with Crippen LogP contribution in [-0.2, 0) is 6.42 Å². The minimum atomic E-state index is -0.724. The zero-order valence-corrected chi connectivity index (χ0v) is 8.08. The van der Waals surface area contributed by atoms with Crippen LogP contribution in [0.5, 0.6) is 23.0 Å². The molecule has 0 aliphatic heterocycles. The smallest absolute Gasteiger partial charge is 0.204 e. The quantitative estimate of drug-likeness (QED) is 0.368. The SMILES string of the molecule is Cl.NCCc1cc(O)c(O)c(O)c1O. The van der Waals surface area contributed by atoms with Crippen LogP contribution in [-0.4, -0.2) is 27.0 Å². The summed E-state index contributed by atoms with van der Waals surface area (Å²) < 4.78 is 0. The Hall–Kier alpha value is -1.33. The zero-order valence-electron chi connectivity index (χ0n) is 7.27. The summed E-state index contributed by atoms with van der Waals surface area (Å²) >= 11 is 0. The molecule has 5 nitrogen and oxygen atoms in total. The molecule has 0 aromatic heterocycles. The summed E-state index contributed by atoms with van der Waals surface area (Å²) in [6, 6.07) is 1.16. The molecule has 0 radical (unpaired) electrons. The predicted octanol–water partition coefficient (Wildman–Crippen LogP) is 0.432. The molecule has 0 saturated carbocycles. The van der Waals surface area contributed by atoms with Crippen molar-refractivity contribution in [2.75, 3.05) is 6.54 Å². The number of halogens is 1. The molecular weight excluding hydrogens is 210 g/mol. The van der Waals surface area contributed by atoms with Gasteiger partial charge < -0.3 is 26.2 Å². The van der Waals surface area contributed by atoms with E-state index in [1.807, 2.05) is 0 Å². The summed E-state index contributed by atoms with van der Waals surface area (Å²) in [6.45, 7) is 0.275. The molecule has 1 aromatic carbocycles. The van der Waals surface area contributed by atoms with Crippen molar-refractivity contribution in [3.05, 3.63) is 11.6 Å². The van der Waals surface area contributed by atoms with Gasteiger partial charge >= 0.3 is 0 Å². The molecular formula is C8H12ClNO4. The van der Waals surface area contributed by atoms with Gasteiger partial charge in [0.05, 0.1) is 0 Å². The van der Waals surface area contributed by atoms with Gasteiger partial charge in [0.15, 0.2) is 11.5 Å². The first-order valence-electron chi connectivity index (χ1n) is 3.73. The van der Waals surface area contributed by atoms with Gasteiger partial charge in [-0.15, -0.1) is 12.4 Å². The molecule has 0 fully saturated rings. The van der Waals surface area contributed by atoms with Crippen LogP contribution in [0.2, 0.25) is 0 Å². The van der Waals surface area contributed by atoms with Crippen LogP contribution < -0.4 is 5.73 Å². The average Bonchev–Trinajstić information content (AvgIpc) is 2.11. The van der Waals surface area contributed by atoms with Crippen LogP contribution in [0.4, 0.5) is 0 Å². The molecule has 1 aromatic rings. The fourth-order valence-corrected chi connectivity index (χ4v) is 1.03. The van der Waals surface area contributed by atoms with Crippen molar-refractivity contribution in [2.45, 2.75) is 6.42 Å². The van der Waals surface area contributed by atoms with Gasteiger partial charge in [0.2, 0.25) is 11.5 Å². The number of rotatable bonds is 2. The van der Waals surface area contributed by atoms with Gasteiger partial charge in [-0.1, -0.05) is 0 Å². The third-order valence-electron chi connectivity index (χ3n) is 1.72. The first kappa shape index (κ1) is 12.7. The van der Waals surface area contributed by atoms with E-state index in [1.165, 1.54) is 0 Å². The lowest BCUT2D eigenvalue weighted by Crippen LogP contribution is -2.02. The van der Waals surface area contributed by atoms with E-state index in [0.29, 0.717) is 12.0 Å². The maximum Gasteiger partial charge on any atom is 0.204 e. The standard InChI is InChI=1S/C8H11NO4.ClH/c9-2-1-4-3-5(10)7(12)8(13)6(4)11;/h3,10-13H,1-2,9H2;1H. The van der Waals surface area contributed by atoms with Gasteiger partial charge in [-0.3, -0.25) is 0 Å². The molecule has 0 atom stereocenters. The minimum Gasteiger partial charge on any atom is -0.504 e. The third kappa shape index (κ3) is 2.12. The third-order valence-corrected chi connectivity index (χ3v) is 1.72. The molecule has 0 aliphatic rings. The second kappa shape index (κ2) is 4.78. The number of hydrogen-bond donors (Lipinski definition) is 5. The molecule has 0 saturated heterocycles. The minimum absolute atomic E-state index is 0. The van der Waals surface area contributed by atoms with Crippen molar-refractivity contribution in [3.8, 4) is 23.0 Å². The zero-order chi connectivity index (χ0) is 10.0. The molecule has 0 unspecified atom stereocenters. The molecule has 0 bridgehead atoms. The maximum absolute atomic E-state index is 9.26. The van der Waals surface area contributed by atoms with Crippen LogP contribution in [0.1, 0.15) is 5.56 Å². The average molecular weight is 222 g/mol. The molecule has 0 spiro atoms. The van der Waals surface area contributed by atoms with E-state index in [4.69, 9.17) is 21.1 Å². The van der Waals surface area contributed by atoms with Crippen LogP contribution in [0.15, 0.2) is 6.07 Å². The van der Waals surface area contributed by atoms with Crippen LogP contribution >= 0.6 is 12.4 Å². The first-order chi connectivity index (χ1) is 6.07. The van der Waals surface area contributed by atoms with E-state index in [1.54, 1.807) is 0 Å². The van der Waals surface area contributed by atoms with Crippen molar-refractivity contribution in [3.63, 3.8) is 0 Å². The lowest BCUT2D eigenvalue weighted by atomic mass is 10.1. The summed E-state index contributed by atoms with van der Waals surface area (Å²) in [5.41, 5.74) is 5.53. The van der Waals surface area contributed by atoms with E-state index in [9.17, 15) is 5.11 Å². The van der Waals surface area contributed by atoms with Crippen LogP contribution in [0.25, 0.3) is 0 Å². The second-order valence-corrected chi connectivity index (χ2v) is 2.64. The van der Waals surface area contributed by atoms with Gasteiger partial charge in [0.25, 0.3) is 0 Å².